The van der Waals surface area contributed by atoms with Crippen molar-refractivity contribution in [1.82, 2.24) is 5.32 Å². The summed E-state index contributed by atoms with van der Waals surface area (Å²) in [6, 6.07) is 0.264. The Bertz CT molecular complexity index is 350. The third-order valence-electron chi connectivity index (χ3n) is 4.27. The molecule has 20 heavy (non-hydrogen) atoms. The Morgan fingerprint density at radius 1 is 1.25 bits per heavy atom. The Labute approximate surface area is 124 Å². The van der Waals surface area contributed by atoms with E-state index >= 15 is 0 Å². The Kier molecular flexibility index (Phi) is 8.07. The highest BCUT2D eigenvalue weighted by Crippen LogP contribution is 2.30. The van der Waals surface area contributed by atoms with Gasteiger partial charge in [0.15, 0.2) is 0 Å². The molecule has 1 saturated carbocycles. The molecule has 0 bridgehead atoms. The van der Waals surface area contributed by atoms with Gasteiger partial charge >= 0.3 is 0 Å². The Morgan fingerprint density at radius 2 is 1.90 bits per heavy atom. The molecule has 1 rings (SSSR count). The maximum atomic E-state index is 11.2. The molecule has 1 aliphatic carbocycles. The summed E-state index contributed by atoms with van der Waals surface area (Å²) in [4.78, 5) is 0. The molecule has 0 aromatic carbocycles. The van der Waals surface area contributed by atoms with Crippen LogP contribution < -0.4 is 5.32 Å². The van der Waals surface area contributed by atoms with Gasteiger partial charge in [-0.2, -0.15) is 0 Å². The van der Waals surface area contributed by atoms with Crippen LogP contribution in [-0.4, -0.2) is 46.2 Å². The number of hydrogen-bond acceptors (Lipinski definition) is 4. The fourth-order valence-corrected chi connectivity index (χ4v) is 3.97. The first-order chi connectivity index (χ1) is 9.48. The molecule has 1 aliphatic rings. The summed E-state index contributed by atoms with van der Waals surface area (Å²) < 4.78 is 28.5. The molecule has 5 heteroatoms. The SMILES string of the molecule is CCOC(C1CCCCC1)C(CCCS(C)(=O)=O)NC. The summed E-state index contributed by atoms with van der Waals surface area (Å²) in [5.41, 5.74) is 0. The number of sulfone groups is 1. The summed E-state index contributed by atoms with van der Waals surface area (Å²) in [6.07, 6.45) is 9.54. The van der Waals surface area contributed by atoms with Gasteiger partial charge in [0.05, 0.1) is 6.10 Å². The Hall–Kier alpha value is -0.130. The molecule has 0 saturated heterocycles. The fraction of sp³-hybridized carbons (Fsp3) is 1.00. The topological polar surface area (TPSA) is 55.4 Å². The molecule has 120 valence electrons. The standard InChI is InChI=1S/C15H31NO3S/c1-4-19-15(13-9-6-5-7-10-13)14(16-2)11-8-12-20(3,17)18/h13-16H,4-12H2,1-3H3. The van der Waals surface area contributed by atoms with Gasteiger partial charge in [-0.1, -0.05) is 19.3 Å². The number of nitrogens with one attached hydrogen (secondary N) is 1. The van der Waals surface area contributed by atoms with Crippen LogP contribution in [0.3, 0.4) is 0 Å². The Morgan fingerprint density at radius 3 is 2.40 bits per heavy atom. The number of rotatable bonds is 9. The quantitative estimate of drug-likeness (QED) is 0.710. The molecule has 0 aromatic rings. The lowest BCUT2D eigenvalue weighted by molar-refractivity contribution is -0.0178. The number of ether oxygens (including phenoxy) is 1. The summed E-state index contributed by atoms with van der Waals surface area (Å²) in [6.45, 7) is 2.77. The minimum atomic E-state index is -2.86. The van der Waals surface area contributed by atoms with Crippen LogP contribution >= 0.6 is 0 Å². The maximum absolute atomic E-state index is 11.2. The summed E-state index contributed by atoms with van der Waals surface area (Å²) in [7, 11) is -0.901. The predicted octanol–water partition coefficient (Wildman–Crippen LogP) is 2.38. The lowest BCUT2D eigenvalue weighted by Gasteiger charge is -2.35. The van der Waals surface area contributed by atoms with E-state index in [1.165, 1.54) is 38.4 Å². The molecule has 0 amide bonds. The van der Waals surface area contributed by atoms with Crippen molar-refractivity contribution in [2.75, 3.05) is 25.7 Å². The molecular weight excluding hydrogens is 274 g/mol. The summed E-state index contributed by atoms with van der Waals surface area (Å²) in [5.74, 6) is 0.897. The van der Waals surface area contributed by atoms with E-state index in [0.29, 0.717) is 12.3 Å². The van der Waals surface area contributed by atoms with Gasteiger partial charge in [0.25, 0.3) is 0 Å². The van der Waals surface area contributed by atoms with Crippen molar-refractivity contribution in [1.29, 1.82) is 0 Å². The average molecular weight is 305 g/mol. The molecule has 0 aliphatic heterocycles. The van der Waals surface area contributed by atoms with Gasteiger partial charge in [-0.3, -0.25) is 0 Å². The second-order valence-electron chi connectivity index (χ2n) is 5.99. The zero-order chi connectivity index (χ0) is 15.0. The van der Waals surface area contributed by atoms with E-state index in [0.717, 1.165) is 13.0 Å². The first kappa shape index (κ1) is 17.9. The van der Waals surface area contributed by atoms with Crippen molar-refractivity contribution >= 4 is 9.84 Å². The Balaban J connectivity index is 2.55. The van der Waals surface area contributed by atoms with E-state index in [4.69, 9.17) is 4.74 Å². The molecule has 1 fully saturated rings. The van der Waals surface area contributed by atoms with Crippen molar-refractivity contribution in [3.05, 3.63) is 0 Å². The summed E-state index contributed by atoms with van der Waals surface area (Å²) >= 11 is 0. The van der Waals surface area contributed by atoms with Gasteiger partial charge in [-0.05, 0) is 45.6 Å². The van der Waals surface area contributed by atoms with Crippen LogP contribution in [0.25, 0.3) is 0 Å². The monoisotopic (exact) mass is 305 g/mol. The highest BCUT2D eigenvalue weighted by molar-refractivity contribution is 7.90. The van der Waals surface area contributed by atoms with Crippen LogP contribution in [0.15, 0.2) is 0 Å². The minimum Gasteiger partial charge on any atom is -0.377 e. The van der Waals surface area contributed by atoms with Crippen LogP contribution in [-0.2, 0) is 14.6 Å². The van der Waals surface area contributed by atoms with Gasteiger partial charge in [0, 0.05) is 24.7 Å². The molecule has 0 heterocycles. The average Bonchev–Trinajstić information content (AvgIpc) is 2.41. The lowest BCUT2D eigenvalue weighted by Crippen LogP contribution is -2.44. The summed E-state index contributed by atoms with van der Waals surface area (Å²) in [5, 5.41) is 3.35. The molecule has 2 atom stereocenters. The van der Waals surface area contributed by atoms with E-state index in [2.05, 4.69) is 5.32 Å². The van der Waals surface area contributed by atoms with E-state index in [1.807, 2.05) is 14.0 Å². The molecule has 1 N–H and O–H groups in total. The third kappa shape index (κ3) is 6.55. The van der Waals surface area contributed by atoms with Crippen molar-refractivity contribution in [2.24, 2.45) is 5.92 Å². The molecule has 0 radical (unpaired) electrons. The highest BCUT2D eigenvalue weighted by Gasteiger charge is 2.30. The van der Waals surface area contributed by atoms with Crippen LogP contribution in [0.5, 0.6) is 0 Å². The molecule has 0 aromatic heterocycles. The first-order valence-corrected chi connectivity index (χ1v) is 10.0. The van der Waals surface area contributed by atoms with Crippen LogP contribution in [0.1, 0.15) is 51.9 Å². The van der Waals surface area contributed by atoms with Gasteiger partial charge in [0.2, 0.25) is 0 Å². The number of hydrogen-bond donors (Lipinski definition) is 1. The molecule has 4 nitrogen and oxygen atoms in total. The number of likely N-dealkylation sites (N-methyl/N-ethyl adjacent to an activating group) is 1. The van der Waals surface area contributed by atoms with Crippen molar-refractivity contribution in [3.8, 4) is 0 Å². The minimum absolute atomic E-state index is 0.227. The van der Waals surface area contributed by atoms with Gasteiger partial charge in [0.1, 0.15) is 9.84 Å². The van der Waals surface area contributed by atoms with Gasteiger partial charge < -0.3 is 10.1 Å². The van der Waals surface area contributed by atoms with E-state index in [1.54, 1.807) is 0 Å². The van der Waals surface area contributed by atoms with Crippen LogP contribution in [0.4, 0.5) is 0 Å². The largest absolute Gasteiger partial charge is 0.377 e. The zero-order valence-electron chi connectivity index (χ0n) is 13.2. The second-order valence-corrected chi connectivity index (χ2v) is 8.25. The predicted molar refractivity (Wildman–Crippen MR) is 83.8 cm³/mol. The zero-order valence-corrected chi connectivity index (χ0v) is 14.0. The third-order valence-corrected chi connectivity index (χ3v) is 5.30. The first-order valence-electron chi connectivity index (χ1n) is 7.94. The molecule has 0 spiro atoms. The lowest BCUT2D eigenvalue weighted by atomic mass is 9.81. The smallest absolute Gasteiger partial charge is 0.147 e. The fourth-order valence-electron chi connectivity index (χ4n) is 3.27. The molecular formula is C15H31NO3S. The van der Waals surface area contributed by atoms with E-state index < -0.39 is 9.84 Å². The maximum Gasteiger partial charge on any atom is 0.147 e. The van der Waals surface area contributed by atoms with Crippen LogP contribution in [0.2, 0.25) is 0 Å². The van der Waals surface area contributed by atoms with Crippen molar-refractivity contribution in [3.63, 3.8) is 0 Å². The van der Waals surface area contributed by atoms with Crippen LogP contribution in [0, 0.1) is 5.92 Å². The van der Waals surface area contributed by atoms with E-state index in [9.17, 15) is 8.42 Å². The highest BCUT2D eigenvalue weighted by atomic mass is 32.2. The van der Waals surface area contributed by atoms with Gasteiger partial charge in [-0.15, -0.1) is 0 Å². The van der Waals surface area contributed by atoms with Gasteiger partial charge in [-0.25, -0.2) is 8.42 Å². The second kappa shape index (κ2) is 9.00. The molecule has 2 unspecified atom stereocenters. The van der Waals surface area contributed by atoms with E-state index in [-0.39, 0.29) is 17.9 Å². The van der Waals surface area contributed by atoms with Crippen molar-refractivity contribution < 1.29 is 13.2 Å². The van der Waals surface area contributed by atoms with Crippen molar-refractivity contribution in [2.45, 2.75) is 64.0 Å². The normalized spacial score (nSPS) is 20.8.